The van der Waals surface area contributed by atoms with Gasteiger partial charge in [-0.25, -0.2) is 9.37 Å². The molecule has 144 valence electrons. The lowest BCUT2D eigenvalue weighted by Gasteiger charge is -2.11. The van der Waals surface area contributed by atoms with Crippen LogP contribution in [0.15, 0.2) is 69.8 Å². The summed E-state index contributed by atoms with van der Waals surface area (Å²) in [5.41, 5.74) is 0.986. The zero-order chi connectivity index (χ0) is 20.1. The number of nitrogens with zero attached hydrogens (tertiary/aromatic N) is 2. The Balaban J connectivity index is 1.64. The minimum absolute atomic E-state index is 0.0533. The Morgan fingerprint density at radius 3 is 2.64 bits per heavy atom. The highest BCUT2D eigenvalue weighted by Gasteiger charge is 2.12. The topological polar surface area (TPSA) is 64.0 Å². The molecule has 28 heavy (non-hydrogen) atoms. The van der Waals surface area contributed by atoms with Gasteiger partial charge in [0.25, 0.3) is 0 Å². The number of hydrogen-bond acceptors (Lipinski definition) is 5. The zero-order valence-corrected chi connectivity index (χ0v) is 16.9. The number of hydrogen-bond donors (Lipinski definition) is 1. The number of thioether (sulfide) groups is 1. The first kappa shape index (κ1) is 20.2. The number of carbonyl (C=O) groups is 2. The molecule has 1 aromatic heterocycles. The molecule has 2 aromatic carbocycles. The molecule has 3 rings (SSSR count). The number of aryl methyl sites for hydroxylation is 1. The van der Waals surface area contributed by atoms with Crippen LogP contribution >= 0.6 is 23.5 Å². The average molecular weight is 416 g/mol. The molecule has 0 spiro atoms. The first-order valence-electron chi connectivity index (χ1n) is 8.41. The molecule has 0 bridgehead atoms. The summed E-state index contributed by atoms with van der Waals surface area (Å²) in [5.74, 6) is -0.892. The van der Waals surface area contributed by atoms with Crippen LogP contribution in [0.25, 0.3) is 0 Å². The van der Waals surface area contributed by atoms with Crippen LogP contribution in [0.3, 0.4) is 0 Å². The van der Waals surface area contributed by atoms with Crippen molar-refractivity contribution in [3.05, 3.63) is 66.2 Å². The third-order valence-corrected chi connectivity index (χ3v) is 6.04. The monoisotopic (exact) mass is 415 g/mol. The van der Waals surface area contributed by atoms with Crippen molar-refractivity contribution in [2.45, 2.75) is 21.9 Å². The van der Waals surface area contributed by atoms with Gasteiger partial charge in [-0.3, -0.25) is 9.59 Å². The zero-order valence-electron chi connectivity index (χ0n) is 15.3. The van der Waals surface area contributed by atoms with Gasteiger partial charge in [-0.2, -0.15) is 0 Å². The van der Waals surface area contributed by atoms with Gasteiger partial charge in [-0.05, 0) is 43.0 Å². The minimum atomic E-state index is -0.503. The van der Waals surface area contributed by atoms with E-state index in [0.717, 1.165) is 21.8 Å². The van der Waals surface area contributed by atoms with E-state index in [1.54, 1.807) is 12.3 Å². The lowest BCUT2D eigenvalue weighted by atomic mass is 10.1. The molecule has 0 fully saturated rings. The number of imidazole rings is 1. The maximum Gasteiger partial charge on any atom is 0.234 e. The van der Waals surface area contributed by atoms with Crippen LogP contribution in [-0.4, -0.2) is 27.0 Å². The van der Waals surface area contributed by atoms with E-state index in [9.17, 15) is 14.0 Å². The molecule has 1 heterocycles. The molecule has 1 N–H and O–H groups in total. The van der Waals surface area contributed by atoms with Gasteiger partial charge in [0.2, 0.25) is 5.91 Å². The predicted octanol–water partition coefficient (Wildman–Crippen LogP) is 4.64. The molecule has 0 atom stereocenters. The van der Waals surface area contributed by atoms with Crippen molar-refractivity contribution in [1.82, 2.24) is 9.55 Å². The second-order valence-electron chi connectivity index (χ2n) is 5.96. The highest BCUT2D eigenvalue weighted by molar-refractivity contribution is 8.00. The number of carbonyl (C=O) groups excluding carboxylic acids is 2. The molecular formula is C20H18FN3O2S2. The lowest BCUT2D eigenvalue weighted by Crippen LogP contribution is -2.14. The summed E-state index contributed by atoms with van der Waals surface area (Å²) in [6.45, 7) is 1.38. The number of benzene rings is 2. The molecule has 0 saturated heterocycles. The quantitative estimate of drug-likeness (QED) is 0.450. The smallest absolute Gasteiger partial charge is 0.234 e. The van der Waals surface area contributed by atoms with Gasteiger partial charge in [0.05, 0.1) is 11.4 Å². The summed E-state index contributed by atoms with van der Waals surface area (Å²) < 4.78 is 16.0. The summed E-state index contributed by atoms with van der Waals surface area (Å²) in [5, 5.41) is 3.68. The number of nitrogens with one attached hydrogen (secondary N) is 1. The normalized spacial score (nSPS) is 10.7. The van der Waals surface area contributed by atoms with Crippen molar-refractivity contribution in [2.75, 3.05) is 11.1 Å². The van der Waals surface area contributed by atoms with Gasteiger partial charge in [0.1, 0.15) is 5.82 Å². The van der Waals surface area contributed by atoms with Crippen molar-refractivity contribution in [3.8, 4) is 0 Å². The lowest BCUT2D eigenvalue weighted by molar-refractivity contribution is -0.113. The van der Waals surface area contributed by atoms with Crippen molar-refractivity contribution >= 4 is 40.9 Å². The van der Waals surface area contributed by atoms with E-state index in [2.05, 4.69) is 10.3 Å². The Kier molecular flexibility index (Phi) is 6.53. The first-order chi connectivity index (χ1) is 13.4. The van der Waals surface area contributed by atoms with Crippen LogP contribution in [0.5, 0.6) is 0 Å². The maximum atomic E-state index is 14.1. The predicted molar refractivity (Wildman–Crippen MR) is 110 cm³/mol. The molecular weight excluding hydrogens is 397 g/mol. The van der Waals surface area contributed by atoms with Crippen molar-refractivity contribution in [2.24, 2.45) is 7.05 Å². The standard InChI is InChI=1S/C20H18FN3O2S2/c1-13(25)14-7-8-17(15(21)11-14)27-12-19(26)23-16-5-3-4-6-18(16)28-20-22-9-10-24(20)2/h3-11H,12H2,1-2H3,(H,23,26). The second kappa shape index (κ2) is 9.07. The Hall–Kier alpha value is -2.58. The van der Waals surface area contributed by atoms with E-state index in [4.69, 9.17) is 0 Å². The summed E-state index contributed by atoms with van der Waals surface area (Å²) >= 11 is 2.54. The fraction of sp³-hybridized carbons (Fsp3) is 0.150. The Morgan fingerprint density at radius 2 is 1.96 bits per heavy atom. The van der Waals surface area contributed by atoms with Crippen LogP contribution in [0.4, 0.5) is 10.1 Å². The van der Waals surface area contributed by atoms with Crippen LogP contribution in [0.2, 0.25) is 0 Å². The molecule has 0 unspecified atom stereocenters. The summed E-state index contributed by atoms with van der Waals surface area (Å²) in [7, 11) is 1.90. The van der Waals surface area contributed by atoms with E-state index in [-0.39, 0.29) is 17.4 Å². The third-order valence-electron chi connectivity index (χ3n) is 3.84. The van der Waals surface area contributed by atoms with Crippen LogP contribution in [0, 0.1) is 5.82 Å². The first-order valence-corrected chi connectivity index (χ1v) is 10.2. The number of aromatic nitrogens is 2. The van der Waals surface area contributed by atoms with Gasteiger partial charge >= 0.3 is 0 Å². The number of rotatable bonds is 7. The van der Waals surface area contributed by atoms with Crippen LogP contribution < -0.4 is 5.32 Å². The Morgan fingerprint density at radius 1 is 1.18 bits per heavy atom. The van der Waals surface area contributed by atoms with Gasteiger partial charge in [0.15, 0.2) is 10.9 Å². The van der Waals surface area contributed by atoms with E-state index in [1.807, 2.05) is 42.1 Å². The highest BCUT2D eigenvalue weighted by atomic mass is 32.2. The molecule has 5 nitrogen and oxygen atoms in total. The molecule has 0 saturated carbocycles. The van der Waals surface area contributed by atoms with Crippen molar-refractivity contribution < 1.29 is 14.0 Å². The molecule has 0 radical (unpaired) electrons. The van der Waals surface area contributed by atoms with Crippen LogP contribution in [0.1, 0.15) is 17.3 Å². The molecule has 0 aliphatic heterocycles. The molecule has 8 heteroatoms. The fourth-order valence-electron chi connectivity index (χ4n) is 2.37. The largest absolute Gasteiger partial charge is 0.329 e. The summed E-state index contributed by atoms with van der Waals surface area (Å²) in [6.07, 6.45) is 3.57. The van der Waals surface area contributed by atoms with E-state index >= 15 is 0 Å². The van der Waals surface area contributed by atoms with E-state index < -0.39 is 5.82 Å². The SMILES string of the molecule is CC(=O)c1ccc(SCC(=O)Nc2ccccc2Sc2nccn2C)c(F)c1. The number of para-hydroxylation sites is 1. The van der Waals surface area contributed by atoms with Crippen molar-refractivity contribution in [3.63, 3.8) is 0 Å². The second-order valence-corrected chi connectivity index (χ2v) is 7.98. The number of ketones is 1. The average Bonchev–Trinajstić information content (AvgIpc) is 3.07. The highest BCUT2D eigenvalue weighted by Crippen LogP contribution is 2.32. The molecule has 0 aliphatic carbocycles. The Labute approximate surface area is 170 Å². The van der Waals surface area contributed by atoms with E-state index in [1.165, 1.54) is 30.8 Å². The van der Waals surface area contributed by atoms with Crippen LogP contribution in [-0.2, 0) is 11.8 Å². The number of anilines is 1. The number of Topliss-reactive ketones (excluding diaryl/α,β-unsaturated/α-hetero) is 1. The molecule has 1 amide bonds. The van der Waals surface area contributed by atoms with E-state index in [0.29, 0.717) is 16.1 Å². The summed E-state index contributed by atoms with van der Waals surface area (Å²) in [6, 6.07) is 11.7. The van der Waals surface area contributed by atoms with Gasteiger partial charge < -0.3 is 9.88 Å². The fourth-order valence-corrected chi connectivity index (χ4v) is 3.98. The van der Waals surface area contributed by atoms with Gasteiger partial charge in [-0.15, -0.1) is 11.8 Å². The number of amides is 1. The van der Waals surface area contributed by atoms with Gasteiger partial charge in [-0.1, -0.05) is 18.2 Å². The molecule has 0 aliphatic rings. The van der Waals surface area contributed by atoms with Gasteiger partial charge in [0, 0.05) is 34.8 Å². The minimum Gasteiger partial charge on any atom is -0.329 e. The third kappa shape index (κ3) is 5.02. The number of halogens is 1. The maximum absolute atomic E-state index is 14.1. The summed E-state index contributed by atoms with van der Waals surface area (Å²) in [4.78, 5) is 29.1. The molecule has 3 aromatic rings. The van der Waals surface area contributed by atoms with Crippen molar-refractivity contribution in [1.29, 1.82) is 0 Å². The Bertz CT molecular complexity index is 1020.